The zero-order valence-electron chi connectivity index (χ0n) is 13.3. The molecule has 1 amide bonds. The van der Waals surface area contributed by atoms with Gasteiger partial charge in [-0.05, 0) is 43.0 Å². The Balaban J connectivity index is 2.96. The highest BCUT2D eigenvalue weighted by Crippen LogP contribution is 2.21. The normalized spacial score (nSPS) is 12.0. The second-order valence-corrected chi connectivity index (χ2v) is 6.09. The van der Waals surface area contributed by atoms with Gasteiger partial charge in [-0.15, -0.1) is 23.2 Å². The molecular weight excluding hydrogens is 339 g/mol. The highest BCUT2D eigenvalue weighted by molar-refractivity contribution is 6.18. The Bertz CT molecular complexity index is 494. The largest absolute Gasteiger partial charge is 0.465 e. The Labute approximate surface area is 147 Å². The average molecular weight is 363 g/mol. The summed E-state index contributed by atoms with van der Waals surface area (Å²) in [5.74, 6) is 1.02. The third-order valence-electron chi connectivity index (χ3n) is 3.68. The van der Waals surface area contributed by atoms with Crippen LogP contribution in [0.25, 0.3) is 0 Å². The van der Waals surface area contributed by atoms with Gasteiger partial charge in [0.05, 0.1) is 0 Å². The van der Waals surface area contributed by atoms with Gasteiger partial charge in [0, 0.05) is 43.2 Å². The Morgan fingerprint density at radius 1 is 1.30 bits per heavy atom. The second-order valence-electron chi connectivity index (χ2n) is 5.34. The van der Waals surface area contributed by atoms with Gasteiger partial charge in [-0.3, -0.25) is 0 Å². The lowest BCUT2D eigenvalue weighted by molar-refractivity contribution is 0.185. The fraction of sp³-hybridized carbons (Fsp3) is 0.562. The first-order valence-corrected chi connectivity index (χ1v) is 8.65. The van der Waals surface area contributed by atoms with Crippen molar-refractivity contribution >= 4 is 35.0 Å². The van der Waals surface area contributed by atoms with Crippen LogP contribution in [0.2, 0.25) is 0 Å². The van der Waals surface area contributed by atoms with E-state index in [1.54, 1.807) is 0 Å². The molecule has 0 saturated heterocycles. The molecule has 1 unspecified atom stereocenters. The van der Waals surface area contributed by atoms with Crippen LogP contribution in [-0.2, 0) is 6.42 Å². The number of hydrogen-bond acceptors (Lipinski definition) is 3. The first kappa shape index (κ1) is 19.9. The van der Waals surface area contributed by atoms with Crippen molar-refractivity contribution in [2.75, 3.05) is 36.4 Å². The number of nitrogens with zero attached hydrogens (tertiary/aromatic N) is 1. The average Bonchev–Trinajstić information content (AvgIpc) is 2.49. The molecule has 1 aromatic rings. The molecule has 0 aromatic heterocycles. The smallest absolute Gasteiger partial charge is 0.404 e. The number of amides is 1. The lowest BCUT2D eigenvalue weighted by atomic mass is 9.98. The van der Waals surface area contributed by atoms with Gasteiger partial charge in [0.1, 0.15) is 0 Å². The monoisotopic (exact) mass is 362 g/mol. The standard InChI is InChI=1S/C16H24Cl2N2O3/c1-12-2-3-15(20(7-5-17)8-6-18)11-13(12)10-14(4-9-21)19-16(22)23/h2-3,11,14,19,21H,4-10H2,1H3,(H,22,23). The molecule has 23 heavy (non-hydrogen) atoms. The molecule has 0 aliphatic carbocycles. The van der Waals surface area contributed by atoms with Gasteiger partial charge < -0.3 is 20.4 Å². The molecule has 0 radical (unpaired) electrons. The van der Waals surface area contributed by atoms with E-state index in [-0.39, 0.29) is 12.6 Å². The summed E-state index contributed by atoms with van der Waals surface area (Å²) in [4.78, 5) is 13.0. The van der Waals surface area contributed by atoms with Crippen molar-refractivity contribution in [2.24, 2.45) is 0 Å². The molecule has 3 N–H and O–H groups in total. The minimum atomic E-state index is -1.08. The van der Waals surface area contributed by atoms with Gasteiger partial charge in [0.2, 0.25) is 0 Å². The quantitative estimate of drug-likeness (QED) is 0.559. The molecule has 0 aliphatic heterocycles. The lowest BCUT2D eigenvalue weighted by Gasteiger charge is -2.25. The number of rotatable bonds is 10. The van der Waals surface area contributed by atoms with Crippen molar-refractivity contribution in [1.29, 1.82) is 0 Å². The number of hydrogen-bond donors (Lipinski definition) is 3. The highest BCUT2D eigenvalue weighted by atomic mass is 35.5. The number of alkyl halides is 2. The van der Waals surface area contributed by atoms with Crippen molar-refractivity contribution in [3.05, 3.63) is 29.3 Å². The first-order valence-electron chi connectivity index (χ1n) is 7.58. The minimum absolute atomic E-state index is 0.0612. The lowest BCUT2D eigenvalue weighted by Crippen LogP contribution is -2.36. The van der Waals surface area contributed by atoms with E-state index in [9.17, 15) is 4.79 Å². The van der Waals surface area contributed by atoms with E-state index in [4.69, 9.17) is 33.4 Å². The highest BCUT2D eigenvalue weighted by Gasteiger charge is 2.15. The third-order valence-corrected chi connectivity index (χ3v) is 4.02. The van der Waals surface area contributed by atoms with E-state index in [2.05, 4.69) is 10.2 Å². The summed E-state index contributed by atoms with van der Waals surface area (Å²) in [7, 11) is 0. The number of carboxylic acid groups (broad SMARTS) is 1. The van der Waals surface area contributed by atoms with Gasteiger partial charge in [0.25, 0.3) is 0 Å². The van der Waals surface area contributed by atoms with E-state index in [1.807, 2.05) is 25.1 Å². The van der Waals surface area contributed by atoms with Crippen molar-refractivity contribution < 1.29 is 15.0 Å². The zero-order chi connectivity index (χ0) is 17.2. The molecule has 0 saturated carbocycles. The first-order chi connectivity index (χ1) is 11.0. The number of anilines is 1. The molecule has 5 nitrogen and oxygen atoms in total. The number of aliphatic hydroxyl groups is 1. The van der Waals surface area contributed by atoms with Crippen LogP contribution in [0, 0.1) is 6.92 Å². The summed E-state index contributed by atoms with van der Waals surface area (Å²) in [6.45, 7) is 3.33. The van der Waals surface area contributed by atoms with E-state index in [0.29, 0.717) is 37.7 Å². The zero-order valence-corrected chi connectivity index (χ0v) is 14.8. The number of benzene rings is 1. The predicted octanol–water partition coefficient (Wildman–Crippen LogP) is 2.84. The number of aliphatic hydroxyl groups excluding tert-OH is 1. The van der Waals surface area contributed by atoms with Crippen LogP contribution >= 0.6 is 23.2 Å². The van der Waals surface area contributed by atoms with Crippen LogP contribution in [-0.4, -0.2) is 53.8 Å². The SMILES string of the molecule is Cc1ccc(N(CCCl)CCCl)cc1CC(CCO)NC(=O)O. The Morgan fingerprint density at radius 2 is 1.96 bits per heavy atom. The van der Waals surface area contributed by atoms with Crippen molar-refractivity contribution in [1.82, 2.24) is 5.32 Å². The number of halogens is 2. The predicted molar refractivity (Wildman–Crippen MR) is 95.2 cm³/mol. The number of carbonyl (C=O) groups is 1. The molecule has 1 aromatic carbocycles. The molecule has 1 rings (SSSR count). The summed E-state index contributed by atoms with van der Waals surface area (Å²) in [5.41, 5.74) is 3.15. The summed E-state index contributed by atoms with van der Waals surface area (Å²) in [6.07, 6.45) is -0.173. The summed E-state index contributed by atoms with van der Waals surface area (Å²) in [5, 5.41) is 20.5. The Morgan fingerprint density at radius 3 is 2.48 bits per heavy atom. The van der Waals surface area contributed by atoms with Crippen molar-refractivity contribution in [2.45, 2.75) is 25.8 Å². The fourth-order valence-electron chi connectivity index (χ4n) is 2.47. The number of nitrogens with one attached hydrogen (secondary N) is 1. The van der Waals surface area contributed by atoms with Crippen molar-refractivity contribution in [3.63, 3.8) is 0 Å². The van der Waals surface area contributed by atoms with Gasteiger partial charge in [-0.2, -0.15) is 0 Å². The molecule has 0 fully saturated rings. The van der Waals surface area contributed by atoms with E-state index in [0.717, 1.165) is 16.8 Å². The molecule has 0 bridgehead atoms. The van der Waals surface area contributed by atoms with Crippen LogP contribution in [0.4, 0.5) is 10.5 Å². The van der Waals surface area contributed by atoms with Crippen LogP contribution in [0.1, 0.15) is 17.5 Å². The molecule has 0 heterocycles. The van der Waals surface area contributed by atoms with Gasteiger partial charge in [0.15, 0.2) is 0 Å². The maximum Gasteiger partial charge on any atom is 0.404 e. The molecule has 1 atom stereocenters. The maximum atomic E-state index is 10.9. The summed E-state index contributed by atoms with van der Waals surface area (Å²) < 4.78 is 0. The Kier molecular flexibility index (Phi) is 9.14. The van der Waals surface area contributed by atoms with Crippen LogP contribution in [0.5, 0.6) is 0 Å². The maximum absolute atomic E-state index is 10.9. The van der Waals surface area contributed by atoms with E-state index < -0.39 is 6.09 Å². The van der Waals surface area contributed by atoms with Gasteiger partial charge in [-0.1, -0.05) is 6.07 Å². The van der Waals surface area contributed by atoms with Gasteiger partial charge >= 0.3 is 6.09 Å². The minimum Gasteiger partial charge on any atom is -0.465 e. The van der Waals surface area contributed by atoms with Crippen LogP contribution < -0.4 is 10.2 Å². The molecule has 0 spiro atoms. The van der Waals surface area contributed by atoms with E-state index in [1.165, 1.54) is 0 Å². The summed E-state index contributed by atoms with van der Waals surface area (Å²) >= 11 is 11.7. The van der Waals surface area contributed by atoms with Gasteiger partial charge in [-0.25, -0.2) is 4.79 Å². The topological polar surface area (TPSA) is 72.8 Å². The third kappa shape index (κ3) is 6.85. The van der Waals surface area contributed by atoms with Crippen LogP contribution in [0.15, 0.2) is 18.2 Å². The molecular formula is C16H24Cl2N2O3. The molecule has 0 aliphatic rings. The van der Waals surface area contributed by atoms with Crippen LogP contribution in [0.3, 0.4) is 0 Å². The molecule has 7 heteroatoms. The fourth-order valence-corrected chi connectivity index (χ4v) is 2.88. The molecule has 130 valence electrons. The Hall–Kier alpha value is -1.17. The number of aryl methyl sites for hydroxylation is 1. The summed E-state index contributed by atoms with van der Waals surface area (Å²) in [6, 6.07) is 5.75. The van der Waals surface area contributed by atoms with Crippen molar-refractivity contribution in [3.8, 4) is 0 Å². The second kappa shape index (κ2) is 10.6. The van der Waals surface area contributed by atoms with E-state index >= 15 is 0 Å².